The zero-order valence-corrected chi connectivity index (χ0v) is 17.3. The lowest BCUT2D eigenvalue weighted by Gasteiger charge is -2.15. The number of nitrogens with zero attached hydrogens (tertiary/aromatic N) is 4. The van der Waals surface area contributed by atoms with Gasteiger partial charge in [-0.05, 0) is 36.1 Å². The molecule has 0 radical (unpaired) electrons. The molecule has 1 fully saturated rings. The molecule has 1 aliphatic heterocycles. The maximum Gasteiger partial charge on any atom is 0.273 e. The van der Waals surface area contributed by atoms with Crippen LogP contribution in [0.3, 0.4) is 0 Å². The lowest BCUT2D eigenvalue weighted by atomic mass is 10.2. The van der Waals surface area contributed by atoms with E-state index < -0.39 is 10.0 Å². The van der Waals surface area contributed by atoms with Crippen LogP contribution in [0, 0.1) is 0 Å². The van der Waals surface area contributed by atoms with Gasteiger partial charge in [0.05, 0.1) is 17.6 Å². The molecule has 156 valence electrons. The molecule has 0 unspecified atom stereocenters. The highest BCUT2D eigenvalue weighted by Crippen LogP contribution is 2.21. The van der Waals surface area contributed by atoms with Gasteiger partial charge in [-0.15, -0.1) is 5.10 Å². The molecule has 1 N–H and O–H groups in total. The second kappa shape index (κ2) is 8.76. The normalized spacial score (nSPS) is 14.7. The van der Waals surface area contributed by atoms with Gasteiger partial charge in [-0.25, -0.2) is 13.1 Å². The molecule has 2 aromatic carbocycles. The molecular weight excluding hydrogens is 402 g/mol. The zero-order valence-electron chi connectivity index (χ0n) is 16.4. The van der Waals surface area contributed by atoms with E-state index in [1.54, 1.807) is 35.1 Å². The number of hydrogen-bond donors (Lipinski definition) is 1. The molecule has 8 nitrogen and oxygen atoms in total. The minimum Gasteiger partial charge on any atom is -0.347 e. The average Bonchev–Trinajstić information content (AvgIpc) is 3.46. The van der Waals surface area contributed by atoms with Crippen LogP contribution in [0.2, 0.25) is 0 Å². The highest BCUT2D eigenvalue weighted by atomic mass is 32.2. The van der Waals surface area contributed by atoms with E-state index in [1.807, 2.05) is 30.3 Å². The number of rotatable bonds is 7. The maximum absolute atomic E-state index is 12.6. The third-order valence-electron chi connectivity index (χ3n) is 5.04. The Hall–Kier alpha value is -3.04. The van der Waals surface area contributed by atoms with E-state index in [-0.39, 0.29) is 23.0 Å². The molecule has 1 aromatic heterocycles. The lowest BCUT2D eigenvalue weighted by molar-refractivity contribution is 0.0945. The van der Waals surface area contributed by atoms with Gasteiger partial charge in [0.1, 0.15) is 0 Å². The van der Waals surface area contributed by atoms with Gasteiger partial charge >= 0.3 is 0 Å². The van der Waals surface area contributed by atoms with Crippen LogP contribution in [0.4, 0.5) is 0 Å². The first-order valence-electron chi connectivity index (χ1n) is 9.84. The van der Waals surface area contributed by atoms with Crippen molar-refractivity contribution in [3.63, 3.8) is 0 Å². The number of sulfonamides is 1. The number of aromatic nitrogens is 3. The first-order chi connectivity index (χ1) is 14.5. The van der Waals surface area contributed by atoms with Gasteiger partial charge in [-0.2, -0.15) is 4.31 Å². The Bertz CT molecular complexity index is 1110. The summed E-state index contributed by atoms with van der Waals surface area (Å²) in [7, 11) is -3.43. The molecule has 30 heavy (non-hydrogen) atoms. The van der Waals surface area contributed by atoms with E-state index in [0.29, 0.717) is 19.6 Å². The quantitative estimate of drug-likeness (QED) is 0.625. The Morgan fingerprint density at radius 1 is 0.967 bits per heavy atom. The largest absolute Gasteiger partial charge is 0.347 e. The van der Waals surface area contributed by atoms with E-state index in [2.05, 4.69) is 15.6 Å². The summed E-state index contributed by atoms with van der Waals surface area (Å²) in [5.41, 5.74) is 2.11. The molecule has 1 amide bonds. The topological polar surface area (TPSA) is 97.2 Å². The Morgan fingerprint density at radius 3 is 2.37 bits per heavy atom. The van der Waals surface area contributed by atoms with Crippen LogP contribution >= 0.6 is 0 Å². The van der Waals surface area contributed by atoms with Crippen LogP contribution in [0.15, 0.2) is 65.7 Å². The standard InChI is InChI=1S/C21H23N5O3S/c27-21(20-16-25(24-23-20)15-18-6-2-1-3-7-18)22-14-17-8-10-19(11-9-17)30(28,29)26-12-4-5-13-26/h1-3,6-11,16H,4-5,12-15H2,(H,22,27). The van der Waals surface area contributed by atoms with E-state index in [4.69, 9.17) is 0 Å². The molecule has 3 aromatic rings. The second-order valence-corrected chi connectivity index (χ2v) is 9.16. The summed E-state index contributed by atoms with van der Waals surface area (Å²) in [5, 5.41) is 10.7. The molecular formula is C21H23N5O3S. The van der Waals surface area contributed by atoms with Gasteiger partial charge in [-0.1, -0.05) is 47.7 Å². The first-order valence-corrected chi connectivity index (χ1v) is 11.3. The molecule has 9 heteroatoms. The van der Waals surface area contributed by atoms with Gasteiger partial charge in [0.2, 0.25) is 10.0 Å². The summed E-state index contributed by atoms with van der Waals surface area (Å²) in [6, 6.07) is 16.4. The van der Waals surface area contributed by atoms with Crippen molar-refractivity contribution >= 4 is 15.9 Å². The molecule has 1 aliphatic rings. The molecule has 0 aliphatic carbocycles. The predicted octanol–water partition coefficient (Wildman–Crippen LogP) is 2.04. The van der Waals surface area contributed by atoms with Crippen LogP contribution in [-0.2, 0) is 23.1 Å². The third-order valence-corrected chi connectivity index (χ3v) is 6.95. The number of carbonyl (C=O) groups is 1. The molecule has 0 spiro atoms. The number of carbonyl (C=O) groups excluding carboxylic acids is 1. The fourth-order valence-corrected chi connectivity index (χ4v) is 4.90. The van der Waals surface area contributed by atoms with Gasteiger partial charge in [0, 0.05) is 19.6 Å². The van der Waals surface area contributed by atoms with Gasteiger partial charge in [-0.3, -0.25) is 4.79 Å². The molecule has 2 heterocycles. The van der Waals surface area contributed by atoms with Crippen LogP contribution in [0.1, 0.15) is 34.5 Å². The fraction of sp³-hybridized carbons (Fsp3) is 0.286. The van der Waals surface area contributed by atoms with Gasteiger partial charge in [0.25, 0.3) is 5.91 Å². The van der Waals surface area contributed by atoms with Crippen molar-refractivity contribution < 1.29 is 13.2 Å². The minimum atomic E-state index is -3.43. The molecule has 0 saturated carbocycles. The number of amides is 1. The summed E-state index contributed by atoms with van der Waals surface area (Å²) in [5.74, 6) is -0.330. The van der Waals surface area contributed by atoms with Crippen molar-refractivity contribution in [1.82, 2.24) is 24.6 Å². The van der Waals surface area contributed by atoms with Crippen LogP contribution in [0.5, 0.6) is 0 Å². The predicted molar refractivity (Wildman–Crippen MR) is 111 cm³/mol. The van der Waals surface area contributed by atoms with Crippen molar-refractivity contribution in [2.45, 2.75) is 30.8 Å². The van der Waals surface area contributed by atoms with Gasteiger partial charge in [0.15, 0.2) is 5.69 Å². The number of benzene rings is 2. The van der Waals surface area contributed by atoms with Crippen molar-refractivity contribution in [3.8, 4) is 0 Å². The summed E-state index contributed by atoms with van der Waals surface area (Å²) >= 11 is 0. The van der Waals surface area contributed by atoms with E-state index in [9.17, 15) is 13.2 Å². The number of hydrogen-bond acceptors (Lipinski definition) is 5. The Balaban J connectivity index is 1.34. The van der Waals surface area contributed by atoms with Crippen molar-refractivity contribution in [1.29, 1.82) is 0 Å². The van der Waals surface area contributed by atoms with Crippen LogP contribution in [0.25, 0.3) is 0 Å². The zero-order chi connectivity index (χ0) is 21.0. The first kappa shape index (κ1) is 20.2. The second-order valence-electron chi connectivity index (χ2n) is 7.22. The molecule has 4 rings (SSSR count). The SMILES string of the molecule is O=C(NCc1ccc(S(=O)(=O)N2CCCC2)cc1)c1cn(Cc2ccccc2)nn1. The monoisotopic (exact) mass is 425 g/mol. The smallest absolute Gasteiger partial charge is 0.273 e. The third kappa shape index (κ3) is 4.58. The van der Waals surface area contributed by atoms with Gasteiger partial charge < -0.3 is 5.32 Å². The van der Waals surface area contributed by atoms with Crippen molar-refractivity contribution in [2.75, 3.05) is 13.1 Å². The Morgan fingerprint density at radius 2 is 1.67 bits per heavy atom. The van der Waals surface area contributed by atoms with Crippen LogP contribution in [-0.4, -0.2) is 46.7 Å². The Labute approximate surface area is 175 Å². The molecule has 1 saturated heterocycles. The highest BCUT2D eigenvalue weighted by molar-refractivity contribution is 7.89. The van der Waals surface area contributed by atoms with Crippen molar-refractivity contribution in [3.05, 3.63) is 77.6 Å². The maximum atomic E-state index is 12.6. The van der Waals surface area contributed by atoms with Crippen molar-refractivity contribution in [2.24, 2.45) is 0 Å². The summed E-state index contributed by atoms with van der Waals surface area (Å²) < 4.78 is 28.3. The fourth-order valence-electron chi connectivity index (χ4n) is 3.38. The highest BCUT2D eigenvalue weighted by Gasteiger charge is 2.26. The van der Waals surface area contributed by atoms with E-state index in [1.165, 1.54) is 4.31 Å². The summed E-state index contributed by atoms with van der Waals surface area (Å²) in [4.78, 5) is 12.6. The Kier molecular flexibility index (Phi) is 5.91. The van der Waals surface area contributed by atoms with E-state index >= 15 is 0 Å². The molecule has 0 atom stereocenters. The summed E-state index contributed by atoms with van der Waals surface area (Å²) in [6.07, 6.45) is 3.41. The number of nitrogens with one attached hydrogen (secondary N) is 1. The summed E-state index contributed by atoms with van der Waals surface area (Å²) in [6.45, 7) is 1.96. The average molecular weight is 426 g/mol. The molecule has 0 bridgehead atoms. The van der Waals surface area contributed by atoms with Crippen LogP contribution < -0.4 is 5.32 Å². The minimum absolute atomic E-state index is 0.235. The lowest BCUT2D eigenvalue weighted by Crippen LogP contribution is -2.28. The van der Waals surface area contributed by atoms with E-state index in [0.717, 1.165) is 24.0 Å².